The molecule has 1 heteroatoms. The molecule has 1 aliphatic rings. The SMILES string of the molecule is C=Cc1oc2cc3c4c(cccc4c2c1/C=C\C)-c1c-3c(-c2ccccc2)c2ccccc2c1-c1ccccc1. The van der Waals surface area contributed by atoms with Crippen molar-refractivity contribution in [3.8, 4) is 44.5 Å². The van der Waals surface area contributed by atoms with Crippen LogP contribution in [0.2, 0.25) is 0 Å². The standard InChI is InChI=1S/C39H26O/c1-3-14-28-32(4-2)40-33-23-31-36-29(37(28)33)21-13-22-30(36)38-34(24-15-7-5-8-16-24)26-19-11-12-20-27(26)35(39(31)38)25-17-9-6-10-18-25/h3-23H,2H2,1H3/b14-3-. The Morgan fingerprint density at radius 3 is 1.75 bits per heavy atom. The summed E-state index contributed by atoms with van der Waals surface area (Å²) in [6, 6.07) is 39.5. The zero-order chi connectivity index (χ0) is 26.8. The Morgan fingerprint density at radius 1 is 0.575 bits per heavy atom. The first-order valence-electron chi connectivity index (χ1n) is 13.8. The van der Waals surface area contributed by atoms with Gasteiger partial charge < -0.3 is 4.42 Å². The number of fused-ring (bicyclic) bond motifs is 6. The fraction of sp³-hybridized carbons (Fsp3) is 0.0256. The second-order valence-corrected chi connectivity index (χ2v) is 10.4. The maximum absolute atomic E-state index is 6.47. The van der Waals surface area contributed by atoms with Crippen LogP contribution in [0.3, 0.4) is 0 Å². The summed E-state index contributed by atoms with van der Waals surface area (Å²) in [5, 5.41) is 6.18. The van der Waals surface area contributed by atoms with E-state index in [-0.39, 0.29) is 0 Å². The highest BCUT2D eigenvalue weighted by atomic mass is 16.3. The molecule has 0 spiro atoms. The van der Waals surface area contributed by atoms with Gasteiger partial charge in [0.2, 0.25) is 0 Å². The van der Waals surface area contributed by atoms with Crippen LogP contribution in [0.4, 0.5) is 0 Å². The fourth-order valence-electron chi connectivity index (χ4n) is 6.79. The Hall–Kier alpha value is -5.14. The first-order chi connectivity index (χ1) is 19.8. The molecular formula is C39H26O. The normalized spacial score (nSPS) is 12.1. The van der Waals surface area contributed by atoms with Gasteiger partial charge in [0.05, 0.1) is 0 Å². The lowest BCUT2D eigenvalue weighted by molar-refractivity contribution is 0.604. The first kappa shape index (κ1) is 22.8. The minimum atomic E-state index is 0.810. The van der Waals surface area contributed by atoms with Gasteiger partial charge in [0.15, 0.2) is 0 Å². The van der Waals surface area contributed by atoms with E-state index < -0.39 is 0 Å². The number of hydrogen-bond acceptors (Lipinski definition) is 1. The molecule has 40 heavy (non-hydrogen) atoms. The van der Waals surface area contributed by atoms with Crippen LogP contribution in [0.1, 0.15) is 18.2 Å². The van der Waals surface area contributed by atoms with Crippen molar-refractivity contribution in [2.75, 3.05) is 0 Å². The molecule has 1 aromatic heterocycles. The van der Waals surface area contributed by atoms with Crippen LogP contribution in [0.5, 0.6) is 0 Å². The van der Waals surface area contributed by atoms with Gasteiger partial charge in [0.25, 0.3) is 0 Å². The largest absolute Gasteiger partial charge is 0.456 e. The number of hydrogen-bond donors (Lipinski definition) is 0. The summed E-state index contributed by atoms with van der Waals surface area (Å²) in [5.41, 5.74) is 12.1. The molecule has 7 aromatic rings. The van der Waals surface area contributed by atoms with Crippen LogP contribution in [0, 0.1) is 0 Å². The van der Waals surface area contributed by atoms with E-state index in [0.717, 1.165) is 22.3 Å². The van der Waals surface area contributed by atoms with Crippen molar-refractivity contribution in [1.82, 2.24) is 0 Å². The molecule has 0 N–H and O–H groups in total. The Labute approximate surface area is 233 Å². The van der Waals surface area contributed by atoms with Crippen molar-refractivity contribution in [3.63, 3.8) is 0 Å². The Kier molecular flexibility index (Phi) is 4.96. The summed E-state index contributed by atoms with van der Waals surface area (Å²) in [4.78, 5) is 0. The molecule has 0 bridgehead atoms. The van der Waals surface area contributed by atoms with Crippen molar-refractivity contribution in [2.24, 2.45) is 0 Å². The summed E-state index contributed by atoms with van der Waals surface area (Å²) in [5.74, 6) is 0.810. The number of benzene rings is 6. The van der Waals surface area contributed by atoms with Gasteiger partial charge in [-0.2, -0.15) is 0 Å². The van der Waals surface area contributed by atoms with Gasteiger partial charge in [-0.1, -0.05) is 122 Å². The second-order valence-electron chi connectivity index (χ2n) is 10.4. The minimum absolute atomic E-state index is 0.810. The maximum atomic E-state index is 6.47. The molecule has 0 aliphatic heterocycles. The van der Waals surface area contributed by atoms with Crippen molar-refractivity contribution < 1.29 is 4.42 Å². The first-order valence-corrected chi connectivity index (χ1v) is 13.8. The predicted octanol–water partition coefficient (Wildman–Crippen LogP) is 11.4. The topological polar surface area (TPSA) is 13.1 Å². The molecule has 0 saturated carbocycles. The quantitative estimate of drug-likeness (QED) is 0.229. The van der Waals surface area contributed by atoms with E-state index in [0.29, 0.717) is 0 Å². The molecule has 1 nitrogen and oxygen atoms in total. The van der Waals surface area contributed by atoms with Gasteiger partial charge in [0.1, 0.15) is 11.3 Å². The van der Waals surface area contributed by atoms with E-state index in [2.05, 4.69) is 128 Å². The average molecular weight is 511 g/mol. The Balaban J connectivity index is 1.64. The smallest absolute Gasteiger partial charge is 0.136 e. The summed E-state index contributed by atoms with van der Waals surface area (Å²) >= 11 is 0. The molecule has 0 radical (unpaired) electrons. The van der Waals surface area contributed by atoms with Crippen molar-refractivity contribution >= 4 is 44.7 Å². The molecule has 8 rings (SSSR count). The average Bonchev–Trinajstić information content (AvgIpc) is 3.53. The molecule has 0 fully saturated rings. The highest BCUT2D eigenvalue weighted by Crippen LogP contribution is 2.58. The molecule has 0 saturated heterocycles. The van der Waals surface area contributed by atoms with Gasteiger partial charge in [-0.3, -0.25) is 0 Å². The van der Waals surface area contributed by atoms with Crippen molar-refractivity contribution in [1.29, 1.82) is 0 Å². The minimum Gasteiger partial charge on any atom is -0.456 e. The number of furan rings is 1. The third-order valence-corrected chi connectivity index (χ3v) is 8.28. The van der Waals surface area contributed by atoms with E-state index in [1.54, 1.807) is 0 Å². The van der Waals surface area contributed by atoms with E-state index in [1.165, 1.54) is 66.1 Å². The van der Waals surface area contributed by atoms with Crippen LogP contribution >= 0.6 is 0 Å². The summed E-state index contributed by atoms with van der Waals surface area (Å²) in [6.45, 7) is 6.09. The molecule has 0 atom stereocenters. The van der Waals surface area contributed by atoms with Crippen molar-refractivity contribution in [2.45, 2.75) is 6.92 Å². The molecule has 1 heterocycles. The Morgan fingerprint density at radius 2 is 1.15 bits per heavy atom. The van der Waals surface area contributed by atoms with E-state index in [4.69, 9.17) is 4.42 Å². The van der Waals surface area contributed by atoms with Crippen LogP contribution in [-0.2, 0) is 0 Å². The van der Waals surface area contributed by atoms with E-state index in [9.17, 15) is 0 Å². The molecule has 1 aliphatic carbocycles. The van der Waals surface area contributed by atoms with Gasteiger partial charge in [0, 0.05) is 10.9 Å². The van der Waals surface area contributed by atoms with Gasteiger partial charge in [-0.25, -0.2) is 0 Å². The zero-order valence-electron chi connectivity index (χ0n) is 22.2. The molecule has 0 unspecified atom stereocenters. The van der Waals surface area contributed by atoms with Gasteiger partial charge >= 0.3 is 0 Å². The van der Waals surface area contributed by atoms with Crippen molar-refractivity contribution in [3.05, 3.63) is 133 Å². The van der Waals surface area contributed by atoms with Crippen LogP contribution in [0.15, 0.2) is 126 Å². The van der Waals surface area contributed by atoms with Gasteiger partial charge in [-0.15, -0.1) is 0 Å². The number of rotatable bonds is 4. The van der Waals surface area contributed by atoms with Crippen LogP contribution in [0.25, 0.3) is 89.2 Å². The van der Waals surface area contributed by atoms with Gasteiger partial charge in [-0.05, 0) is 85.1 Å². The summed E-state index contributed by atoms with van der Waals surface area (Å²) in [6.07, 6.45) is 6.03. The van der Waals surface area contributed by atoms with E-state index >= 15 is 0 Å². The summed E-state index contributed by atoms with van der Waals surface area (Å²) in [7, 11) is 0. The monoisotopic (exact) mass is 510 g/mol. The molecule has 188 valence electrons. The number of allylic oxidation sites excluding steroid dienone is 1. The second kappa shape index (κ2) is 8.69. The molecule has 6 aromatic carbocycles. The zero-order valence-corrected chi connectivity index (χ0v) is 22.2. The summed E-state index contributed by atoms with van der Waals surface area (Å²) < 4.78 is 6.47. The van der Waals surface area contributed by atoms with Crippen LogP contribution < -0.4 is 0 Å². The molecule has 0 amide bonds. The Bertz CT molecular complexity index is 2160. The predicted molar refractivity (Wildman–Crippen MR) is 171 cm³/mol. The van der Waals surface area contributed by atoms with Crippen LogP contribution in [-0.4, -0.2) is 0 Å². The lowest BCUT2D eigenvalue weighted by Gasteiger charge is -2.20. The van der Waals surface area contributed by atoms with E-state index in [1.807, 2.05) is 13.0 Å². The maximum Gasteiger partial charge on any atom is 0.136 e. The fourth-order valence-corrected chi connectivity index (χ4v) is 6.79. The lowest BCUT2D eigenvalue weighted by atomic mass is 9.82. The molecular weight excluding hydrogens is 484 g/mol. The highest BCUT2D eigenvalue weighted by Gasteiger charge is 2.32. The highest BCUT2D eigenvalue weighted by molar-refractivity contribution is 6.31. The third-order valence-electron chi connectivity index (χ3n) is 8.28. The lowest BCUT2D eigenvalue weighted by Crippen LogP contribution is -1.93. The third kappa shape index (κ3) is 3.03.